The Morgan fingerprint density at radius 3 is 2.30 bits per heavy atom. The van der Waals surface area contributed by atoms with E-state index in [1.807, 2.05) is 19.9 Å². The second-order valence-electron chi connectivity index (χ2n) is 1.37. The first-order chi connectivity index (χ1) is 4.43. The second kappa shape index (κ2) is 10.5. The zero-order valence-electron chi connectivity index (χ0n) is 7.27. The first kappa shape index (κ1) is 14.1. The molecule has 0 amide bonds. The summed E-state index contributed by atoms with van der Waals surface area (Å²) in [6.07, 6.45) is 1.15. The molecule has 1 aromatic rings. The summed E-state index contributed by atoms with van der Waals surface area (Å²) in [6.45, 7) is 6.15. The molecule has 0 atom stereocenters. The van der Waals surface area contributed by atoms with Gasteiger partial charge in [-0.05, 0) is 0 Å². The number of thiophene rings is 1. The topological polar surface area (TPSA) is 0 Å². The third kappa shape index (κ3) is 6.23. The van der Waals surface area contributed by atoms with Gasteiger partial charge in [0, 0.05) is 0 Å². The molecule has 0 aliphatic carbocycles. The van der Waals surface area contributed by atoms with E-state index in [1.54, 1.807) is 11.3 Å². The number of rotatable bonds is 1. The van der Waals surface area contributed by atoms with Crippen molar-refractivity contribution in [2.24, 2.45) is 0 Å². The fraction of sp³-hybridized carbons (Fsp3) is 0.500. The van der Waals surface area contributed by atoms with E-state index in [1.165, 1.54) is 4.88 Å². The Hall–Kier alpha value is 1.51. The molecule has 0 unspecified atom stereocenters. The van der Waals surface area contributed by atoms with E-state index in [-0.39, 0.29) is 58.2 Å². The van der Waals surface area contributed by atoms with Gasteiger partial charge >= 0.3 is 58.2 Å². The molecule has 0 spiro atoms. The summed E-state index contributed by atoms with van der Waals surface area (Å²) < 4.78 is 0. The smallest absolute Gasteiger partial charge is 0.300 e. The van der Waals surface area contributed by atoms with Crippen LogP contribution in [0.1, 0.15) is 25.6 Å². The van der Waals surface area contributed by atoms with E-state index in [4.69, 9.17) is 0 Å². The van der Waals surface area contributed by atoms with Crippen LogP contribution in [-0.2, 0) is 6.42 Å². The van der Waals surface area contributed by atoms with E-state index >= 15 is 0 Å². The molecule has 0 aliphatic rings. The zero-order valence-corrected chi connectivity index (χ0v) is 13.0. The fourth-order valence-corrected chi connectivity index (χ4v) is 1.03. The Bertz CT molecular complexity index is 124. The van der Waals surface area contributed by atoms with Crippen LogP contribution < -0.4 is 58.2 Å². The second-order valence-corrected chi connectivity index (χ2v) is 2.34. The van der Waals surface area contributed by atoms with E-state index in [0.717, 1.165) is 6.42 Å². The van der Waals surface area contributed by atoms with E-state index in [0.29, 0.717) is 0 Å². The Labute approximate surface area is 117 Å². The molecule has 0 radical (unpaired) electrons. The number of hydrogen-bond acceptors (Lipinski definition) is 1. The Morgan fingerprint density at radius 1 is 1.50 bits per heavy atom. The van der Waals surface area contributed by atoms with Crippen LogP contribution in [0.25, 0.3) is 0 Å². The van der Waals surface area contributed by atoms with Crippen LogP contribution in [0.2, 0.25) is 0 Å². The fourth-order valence-electron chi connectivity index (χ4n) is 0.461. The molecular formula is C8H13RbS. The van der Waals surface area contributed by atoms with Crippen molar-refractivity contribution in [1.82, 2.24) is 0 Å². The summed E-state index contributed by atoms with van der Waals surface area (Å²) in [7, 11) is 0. The van der Waals surface area contributed by atoms with Crippen molar-refractivity contribution in [2.45, 2.75) is 27.2 Å². The molecule has 0 fully saturated rings. The van der Waals surface area contributed by atoms with Gasteiger partial charge < -0.3 is 11.3 Å². The molecule has 0 nitrogen and oxygen atoms in total. The van der Waals surface area contributed by atoms with Gasteiger partial charge in [-0.2, -0.15) is 6.07 Å². The van der Waals surface area contributed by atoms with E-state index in [2.05, 4.69) is 18.4 Å². The molecule has 52 valence electrons. The summed E-state index contributed by atoms with van der Waals surface area (Å²) in [5.74, 6) is 0. The quantitative estimate of drug-likeness (QED) is 0.598. The van der Waals surface area contributed by atoms with Crippen LogP contribution in [0.5, 0.6) is 0 Å². The number of hydrogen-bond donors (Lipinski definition) is 0. The molecule has 0 saturated carbocycles. The van der Waals surface area contributed by atoms with Gasteiger partial charge in [-0.15, -0.1) is 10.3 Å². The molecule has 0 bridgehead atoms. The molecule has 0 aliphatic heterocycles. The van der Waals surface area contributed by atoms with E-state index < -0.39 is 0 Å². The molecule has 1 aromatic heterocycles. The summed E-state index contributed by atoms with van der Waals surface area (Å²) in [5.41, 5.74) is 0. The Kier molecular flexibility index (Phi) is 14.8. The van der Waals surface area contributed by atoms with Crippen LogP contribution in [0, 0.1) is 5.38 Å². The summed E-state index contributed by atoms with van der Waals surface area (Å²) in [5, 5.41) is 3.02. The molecule has 10 heavy (non-hydrogen) atoms. The minimum absolute atomic E-state index is 0. The largest absolute Gasteiger partial charge is 1.00 e. The maximum atomic E-state index is 3.02. The standard InChI is InChI=1S/C6H7S.C2H6.Rb/c1-2-6-4-3-5-7-6;1-2;/h3-4H,2H2,1H3;1-2H3;/q-1;;+1. The van der Waals surface area contributed by atoms with Gasteiger partial charge in [-0.25, -0.2) is 6.07 Å². The zero-order chi connectivity index (χ0) is 7.11. The average Bonchev–Trinajstić information content (AvgIpc) is 2.43. The number of aryl methyl sites for hydroxylation is 1. The molecule has 2 heteroatoms. The summed E-state index contributed by atoms with van der Waals surface area (Å²) >= 11 is 1.70. The van der Waals surface area contributed by atoms with Crippen molar-refractivity contribution in [2.75, 3.05) is 0 Å². The first-order valence-corrected chi connectivity index (χ1v) is 4.20. The van der Waals surface area contributed by atoms with Gasteiger partial charge in [0.2, 0.25) is 0 Å². The maximum absolute atomic E-state index is 3.02. The van der Waals surface area contributed by atoms with Crippen LogP contribution in [0.4, 0.5) is 0 Å². The SMILES string of the molecule is CC.CCc1cc[c-]s1.[Rb+]. The van der Waals surface area contributed by atoms with Crippen molar-refractivity contribution in [3.8, 4) is 0 Å². The maximum Gasteiger partial charge on any atom is 1.00 e. The normalized spacial score (nSPS) is 7.10. The van der Waals surface area contributed by atoms with Crippen molar-refractivity contribution < 1.29 is 58.2 Å². The molecule has 1 rings (SSSR count). The third-order valence-corrected chi connectivity index (χ3v) is 1.82. The van der Waals surface area contributed by atoms with Crippen molar-refractivity contribution >= 4 is 11.3 Å². The van der Waals surface area contributed by atoms with Crippen LogP contribution >= 0.6 is 11.3 Å². The van der Waals surface area contributed by atoms with Crippen LogP contribution in [0.15, 0.2) is 12.1 Å². The average molecular weight is 227 g/mol. The van der Waals surface area contributed by atoms with Crippen molar-refractivity contribution in [3.05, 3.63) is 22.4 Å². The molecule has 0 N–H and O–H groups in total. The van der Waals surface area contributed by atoms with Gasteiger partial charge in [0.15, 0.2) is 0 Å². The van der Waals surface area contributed by atoms with Gasteiger partial charge in [0.1, 0.15) is 0 Å². The monoisotopic (exact) mass is 226 g/mol. The van der Waals surface area contributed by atoms with Gasteiger partial charge in [-0.1, -0.05) is 27.2 Å². The summed E-state index contributed by atoms with van der Waals surface area (Å²) in [6, 6.07) is 4.06. The molecule has 0 aromatic carbocycles. The van der Waals surface area contributed by atoms with Gasteiger partial charge in [0.05, 0.1) is 0 Å². The third-order valence-electron chi connectivity index (χ3n) is 0.876. The van der Waals surface area contributed by atoms with Crippen molar-refractivity contribution in [3.63, 3.8) is 0 Å². The minimum Gasteiger partial charge on any atom is -0.300 e. The Morgan fingerprint density at radius 2 is 2.10 bits per heavy atom. The Balaban J connectivity index is 0. The van der Waals surface area contributed by atoms with E-state index in [9.17, 15) is 0 Å². The summed E-state index contributed by atoms with van der Waals surface area (Å²) in [4.78, 5) is 1.42. The minimum atomic E-state index is 0. The van der Waals surface area contributed by atoms with Crippen LogP contribution in [0.3, 0.4) is 0 Å². The predicted octanol–water partition coefficient (Wildman–Crippen LogP) is 0.141. The van der Waals surface area contributed by atoms with Crippen molar-refractivity contribution in [1.29, 1.82) is 0 Å². The van der Waals surface area contributed by atoms with Crippen LogP contribution in [-0.4, -0.2) is 0 Å². The van der Waals surface area contributed by atoms with Gasteiger partial charge in [0.25, 0.3) is 0 Å². The predicted molar refractivity (Wildman–Crippen MR) is 43.9 cm³/mol. The first-order valence-electron chi connectivity index (χ1n) is 3.38. The molecule has 0 saturated heterocycles. The van der Waals surface area contributed by atoms with Gasteiger partial charge in [-0.3, -0.25) is 0 Å². The molecule has 1 heterocycles. The molecular weight excluding hydrogens is 214 g/mol.